The van der Waals surface area contributed by atoms with E-state index in [0.29, 0.717) is 10.2 Å². The second kappa shape index (κ2) is 4.90. The molecule has 0 aliphatic carbocycles. The van der Waals surface area contributed by atoms with Gasteiger partial charge in [-0.05, 0) is 40.1 Å². The summed E-state index contributed by atoms with van der Waals surface area (Å²) in [6.45, 7) is 10.7. The third-order valence-electron chi connectivity index (χ3n) is 3.14. The molecule has 1 aromatic rings. The molecule has 0 bridgehead atoms. The molecule has 0 saturated carbocycles. The molecule has 0 N–H and O–H groups in total. The zero-order valence-corrected chi connectivity index (χ0v) is 14.0. The largest absolute Gasteiger partial charge is 0.543 e. The van der Waals surface area contributed by atoms with Crippen LogP contribution < -0.4 is 4.43 Å². The van der Waals surface area contributed by atoms with Crippen LogP contribution in [0.15, 0.2) is 16.6 Å². The van der Waals surface area contributed by atoms with Gasteiger partial charge in [0.2, 0.25) is 8.32 Å². The van der Waals surface area contributed by atoms with Crippen molar-refractivity contribution in [3.05, 3.63) is 27.4 Å². The number of rotatable bonds is 2. The van der Waals surface area contributed by atoms with Gasteiger partial charge in [-0.2, -0.15) is 0 Å². The predicted molar refractivity (Wildman–Crippen MR) is 76.9 cm³/mol. The van der Waals surface area contributed by atoms with E-state index < -0.39 is 14.1 Å². The van der Waals surface area contributed by atoms with Gasteiger partial charge < -0.3 is 4.43 Å². The van der Waals surface area contributed by atoms with Gasteiger partial charge in [0, 0.05) is 10.5 Å². The van der Waals surface area contributed by atoms with Crippen molar-refractivity contribution in [3.63, 3.8) is 0 Å². The van der Waals surface area contributed by atoms with Gasteiger partial charge in [0.25, 0.3) is 0 Å². The Kier molecular flexibility index (Phi) is 4.32. The van der Waals surface area contributed by atoms with Crippen LogP contribution >= 0.6 is 27.5 Å². The van der Waals surface area contributed by atoms with Gasteiger partial charge in [0.05, 0.1) is 5.02 Å². The number of hydrogen-bond acceptors (Lipinski definition) is 1. The van der Waals surface area contributed by atoms with Crippen molar-refractivity contribution in [2.45, 2.75) is 38.9 Å². The van der Waals surface area contributed by atoms with E-state index >= 15 is 0 Å². The molecule has 0 unspecified atom stereocenters. The molecular weight excluding hydrogens is 323 g/mol. The van der Waals surface area contributed by atoms with Gasteiger partial charge >= 0.3 is 0 Å². The highest BCUT2D eigenvalue weighted by Gasteiger charge is 2.39. The summed E-state index contributed by atoms with van der Waals surface area (Å²) in [5.74, 6) is 0.0696. The van der Waals surface area contributed by atoms with Crippen LogP contribution in [0.1, 0.15) is 20.8 Å². The van der Waals surface area contributed by atoms with E-state index in [2.05, 4.69) is 49.8 Å². The van der Waals surface area contributed by atoms with E-state index in [0.717, 1.165) is 0 Å². The summed E-state index contributed by atoms with van der Waals surface area (Å²) in [6.07, 6.45) is 0. The van der Waals surface area contributed by atoms with Gasteiger partial charge in [-0.25, -0.2) is 4.39 Å². The van der Waals surface area contributed by atoms with E-state index in [1.54, 1.807) is 6.07 Å². The molecule has 0 aliphatic heterocycles. The second-order valence-electron chi connectivity index (χ2n) is 5.56. The third-order valence-corrected chi connectivity index (χ3v) is 8.73. The lowest BCUT2D eigenvalue weighted by Crippen LogP contribution is -2.43. The summed E-state index contributed by atoms with van der Waals surface area (Å²) in [7, 11) is -1.94. The van der Waals surface area contributed by atoms with Crippen LogP contribution in [0.5, 0.6) is 5.75 Å². The van der Waals surface area contributed by atoms with Crippen molar-refractivity contribution in [2.24, 2.45) is 0 Å². The lowest BCUT2D eigenvalue weighted by Gasteiger charge is -2.36. The average Bonchev–Trinajstić information content (AvgIpc) is 2.11. The highest BCUT2D eigenvalue weighted by atomic mass is 79.9. The van der Waals surface area contributed by atoms with E-state index in [4.69, 9.17) is 16.0 Å². The van der Waals surface area contributed by atoms with E-state index in [9.17, 15) is 4.39 Å². The molecule has 1 aromatic carbocycles. The van der Waals surface area contributed by atoms with Crippen molar-refractivity contribution in [1.29, 1.82) is 0 Å². The molecule has 0 spiro atoms. The van der Waals surface area contributed by atoms with Crippen LogP contribution in [0, 0.1) is 5.82 Å². The summed E-state index contributed by atoms with van der Waals surface area (Å²) in [4.78, 5) is 0. The summed E-state index contributed by atoms with van der Waals surface area (Å²) < 4.78 is 20.0. The maximum atomic E-state index is 13.5. The molecule has 17 heavy (non-hydrogen) atoms. The van der Waals surface area contributed by atoms with Gasteiger partial charge in [0.15, 0.2) is 0 Å². The van der Waals surface area contributed by atoms with Gasteiger partial charge in [-0.3, -0.25) is 0 Å². The van der Waals surface area contributed by atoms with Crippen LogP contribution in [-0.4, -0.2) is 8.32 Å². The summed E-state index contributed by atoms with van der Waals surface area (Å²) in [6, 6.07) is 3.06. The fourth-order valence-electron chi connectivity index (χ4n) is 1.04. The highest BCUT2D eigenvalue weighted by Crippen LogP contribution is 2.39. The molecule has 0 aliphatic rings. The minimum Gasteiger partial charge on any atom is -0.543 e. The molecule has 0 aromatic heterocycles. The van der Waals surface area contributed by atoms with E-state index in [-0.39, 0.29) is 10.1 Å². The average molecular weight is 340 g/mol. The lowest BCUT2D eigenvalue weighted by atomic mass is 10.2. The maximum absolute atomic E-state index is 13.5. The third kappa shape index (κ3) is 3.45. The first-order valence-corrected chi connectivity index (χ1v) is 9.46. The van der Waals surface area contributed by atoms with Crippen LogP contribution in [-0.2, 0) is 0 Å². The van der Waals surface area contributed by atoms with Gasteiger partial charge in [-0.15, -0.1) is 0 Å². The summed E-state index contributed by atoms with van der Waals surface area (Å²) >= 11 is 8.96. The Bertz CT molecular complexity index is 406. The Morgan fingerprint density at radius 1 is 1.29 bits per heavy atom. The molecule has 0 saturated heterocycles. The highest BCUT2D eigenvalue weighted by molar-refractivity contribution is 9.10. The molecule has 96 valence electrons. The molecule has 0 amide bonds. The summed E-state index contributed by atoms with van der Waals surface area (Å²) in [5.41, 5.74) is 0. The smallest absolute Gasteiger partial charge is 0.250 e. The van der Waals surface area contributed by atoms with Crippen molar-refractivity contribution >= 4 is 35.8 Å². The molecule has 1 nitrogen and oxygen atoms in total. The first-order valence-electron chi connectivity index (χ1n) is 5.38. The quantitative estimate of drug-likeness (QED) is 0.501. The molecule has 0 radical (unpaired) electrons. The standard InChI is InChI=1S/C12H17BrClFOSi/c1-12(2,3)17(4,5)16-8-6-9(13)11(14)10(15)7-8/h6-7H,1-5H3. The SMILES string of the molecule is CC(C)(C)[Si](C)(C)Oc1cc(F)c(Cl)c(Br)c1. The number of halogens is 3. The Balaban J connectivity index is 3.05. The van der Waals surface area contributed by atoms with Crippen molar-refractivity contribution in [1.82, 2.24) is 0 Å². The number of hydrogen-bond donors (Lipinski definition) is 0. The zero-order valence-electron chi connectivity index (χ0n) is 10.7. The van der Waals surface area contributed by atoms with Crippen LogP contribution in [0.2, 0.25) is 23.2 Å². The van der Waals surface area contributed by atoms with Gasteiger partial charge in [-0.1, -0.05) is 32.4 Å². The van der Waals surface area contributed by atoms with Crippen LogP contribution in [0.4, 0.5) is 4.39 Å². The molecule has 0 atom stereocenters. The Hall–Kier alpha value is -0.0631. The van der Waals surface area contributed by atoms with Crippen LogP contribution in [0.25, 0.3) is 0 Å². The first kappa shape index (κ1) is 15.0. The van der Waals surface area contributed by atoms with E-state index in [1.807, 2.05) is 0 Å². The van der Waals surface area contributed by atoms with Crippen molar-refractivity contribution in [3.8, 4) is 5.75 Å². The van der Waals surface area contributed by atoms with Gasteiger partial charge in [0.1, 0.15) is 11.6 Å². The van der Waals surface area contributed by atoms with Crippen LogP contribution in [0.3, 0.4) is 0 Å². The van der Waals surface area contributed by atoms with E-state index in [1.165, 1.54) is 6.07 Å². The molecule has 1 rings (SSSR count). The minimum absolute atomic E-state index is 0.0790. The monoisotopic (exact) mass is 338 g/mol. The maximum Gasteiger partial charge on any atom is 0.250 e. The van der Waals surface area contributed by atoms with Crippen molar-refractivity contribution < 1.29 is 8.82 Å². The fourth-order valence-corrected chi connectivity index (χ4v) is 2.58. The normalized spacial score (nSPS) is 12.7. The number of benzene rings is 1. The Morgan fingerprint density at radius 2 is 1.82 bits per heavy atom. The Morgan fingerprint density at radius 3 is 2.24 bits per heavy atom. The van der Waals surface area contributed by atoms with Crippen molar-refractivity contribution in [2.75, 3.05) is 0 Å². The molecule has 0 fully saturated rings. The topological polar surface area (TPSA) is 9.23 Å². The predicted octanol–water partition coefficient (Wildman–Crippen LogP) is 5.63. The second-order valence-corrected chi connectivity index (χ2v) is 11.5. The molecule has 0 heterocycles. The Labute approximate surface area is 117 Å². The fraction of sp³-hybridized carbons (Fsp3) is 0.500. The zero-order chi connectivity index (χ0) is 13.4. The lowest BCUT2D eigenvalue weighted by molar-refractivity contribution is 0.487. The minimum atomic E-state index is -1.94. The molecular formula is C12H17BrClFOSi. The summed E-state index contributed by atoms with van der Waals surface area (Å²) in [5, 5.41) is 0.169. The first-order chi connectivity index (χ1) is 7.54. The molecule has 5 heteroatoms.